The molecule has 0 atom stereocenters. The number of rotatable bonds is 6. The maximum absolute atomic E-state index is 11.9. The molecule has 3 N–H and O–H groups in total. The summed E-state index contributed by atoms with van der Waals surface area (Å²) in [6.07, 6.45) is 4.36. The molecule has 2 aliphatic rings. The molecular formula is C27H30N8O. The van der Waals surface area contributed by atoms with Crippen LogP contribution in [0.15, 0.2) is 48.9 Å². The lowest BCUT2D eigenvalue weighted by molar-refractivity contribution is 0.0965. The molecule has 1 amide bonds. The Labute approximate surface area is 209 Å². The largest absolute Gasteiger partial charge is 0.369 e. The fourth-order valence-corrected chi connectivity index (χ4v) is 5.11. The highest BCUT2D eigenvalue weighted by molar-refractivity contribution is 5.98. The maximum atomic E-state index is 11.9. The van der Waals surface area contributed by atoms with Crippen molar-refractivity contribution in [2.24, 2.45) is 5.92 Å². The molecule has 0 radical (unpaired) electrons. The van der Waals surface area contributed by atoms with E-state index in [1.807, 2.05) is 18.2 Å². The molecule has 0 unspecified atom stereocenters. The summed E-state index contributed by atoms with van der Waals surface area (Å²) in [5.74, 6) is 1.18. The number of carbonyl (C=O) groups is 1. The van der Waals surface area contributed by atoms with Crippen molar-refractivity contribution in [2.75, 3.05) is 36.4 Å². The van der Waals surface area contributed by atoms with E-state index in [4.69, 9.17) is 4.98 Å². The second-order valence-corrected chi connectivity index (χ2v) is 9.85. The van der Waals surface area contributed by atoms with Gasteiger partial charge in [0.15, 0.2) is 11.5 Å². The van der Waals surface area contributed by atoms with Gasteiger partial charge in [-0.1, -0.05) is 19.9 Å². The number of amides is 1. The zero-order valence-electron chi connectivity index (χ0n) is 20.6. The molecule has 4 aromatic rings. The highest BCUT2D eigenvalue weighted by atomic mass is 16.1. The number of hydrogen-bond acceptors (Lipinski definition) is 7. The standard InChI is InChI=1S/C27H30N8O/c1-17(2)11-19-13-21(4-6-23(19)34-9-7-28-8-10-34)33-25-26-31-16-32-35(26)24(15-29-25)18-3-5-22-20(12-18)14-30-27(22)36/h3-6,12-13,15-17,28H,7-11,14H2,1-2H3,(H,29,33)(H,30,36). The summed E-state index contributed by atoms with van der Waals surface area (Å²) in [4.78, 5) is 23.6. The summed E-state index contributed by atoms with van der Waals surface area (Å²) in [5.41, 5.74) is 7.76. The fraction of sp³-hybridized carbons (Fsp3) is 0.333. The molecule has 0 saturated carbocycles. The highest BCUT2D eigenvalue weighted by Gasteiger charge is 2.21. The summed E-state index contributed by atoms with van der Waals surface area (Å²) in [6.45, 7) is 9.12. The van der Waals surface area contributed by atoms with E-state index < -0.39 is 0 Å². The van der Waals surface area contributed by atoms with Gasteiger partial charge in [0.25, 0.3) is 5.91 Å². The number of piperazine rings is 1. The Morgan fingerprint density at radius 1 is 1.08 bits per heavy atom. The lowest BCUT2D eigenvalue weighted by Gasteiger charge is -2.32. The van der Waals surface area contributed by atoms with Gasteiger partial charge in [0.2, 0.25) is 0 Å². The van der Waals surface area contributed by atoms with Crippen molar-refractivity contribution in [1.29, 1.82) is 0 Å². The molecule has 4 heterocycles. The summed E-state index contributed by atoms with van der Waals surface area (Å²) >= 11 is 0. The lowest BCUT2D eigenvalue weighted by atomic mass is 9.99. The van der Waals surface area contributed by atoms with Crippen molar-refractivity contribution in [1.82, 2.24) is 30.2 Å². The van der Waals surface area contributed by atoms with Crippen LogP contribution in [0.1, 0.15) is 35.3 Å². The number of nitrogens with one attached hydrogen (secondary N) is 3. The maximum Gasteiger partial charge on any atom is 0.251 e. The third-order valence-corrected chi connectivity index (χ3v) is 6.82. The molecule has 2 aromatic heterocycles. The molecule has 184 valence electrons. The molecule has 9 heteroatoms. The van der Waals surface area contributed by atoms with Gasteiger partial charge in [0.05, 0.1) is 11.9 Å². The normalized spacial score (nSPS) is 15.4. The van der Waals surface area contributed by atoms with Crippen molar-refractivity contribution < 1.29 is 4.79 Å². The summed E-state index contributed by atoms with van der Waals surface area (Å²) in [6, 6.07) is 12.4. The van der Waals surface area contributed by atoms with Gasteiger partial charge in [-0.15, -0.1) is 0 Å². The first-order valence-electron chi connectivity index (χ1n) is 12.5. The molecule has 1 saturated heterocycles. The minimum atomic E-state index is -0.0278. The van der Waals surface area contributed by atoms with Crippen molar-refractivity contribution in [3.8, 4) is 11.3 Å². The van der Waals surface area contributed by atoms with Crippen LogP contribution in [-0.2, 0) is 13.0 Å². The molecule has 36 heavy (non-hydrogen) atoms. The molecule has 6 rings (SSSR count). The van der Waals surface area contributed by atoms with Crippen LogP contribution in [-0.4, -0.2) is 51.7 Å². The Hall–Kier alpha value is -3.98. The van der Waals surface area contributed by atoms with E-state index in [0.717, 1.165) is 60.7 Å². The zero-order valence-corrected chi connectivity index (χ0v) is 20.6. The number of carbonyl (C=O) groups excluding carboxylic acids is 1. The van der Waals surface area contributed by atoms with Crippen LogP contribution in [0.25, 0.3) is 16.9 Å². The average molecular weight is 483 g/mol. The van der Waals surface area contributed by atoms with Gasteiger partial charge in [-0.2, -0.15) is 5.10 Å². The SMILES string of the molecule is CC(C)Cc1cc(Nc2ncc(-c3ccc4c(c3)CNC4=O)n3ncnc23)ccc1N1CCNCC1. The van der Waals surface area contributed by atoms with Gasteiger partial charge in [-0.3, -0.25) is 4.79 Å². The lowest BCUT2D eigenvalue weighted by Crippen LogP contribution is -2.43. The van der Waals surface area contributed by atoms with E-state index in [2.05, 4.69) is 63.0 Å². The first-order valence-corrected chi connectivity index (χ1v) is 12.5. The number of fused-ring (bicyclic) bond motifs is 2. The molecule has 0 spiro atoms. The smallest absolute Gasteiger partial charge is 0.251 e. The van der Waals surface area contributed by atoms with Crippen molar-refractivity contribution in [3.63, 3.8) is 0 Å². The topological polar surface area (TPSA) is 99.5 Å². The van der Waals surface area contributed by atoms with E-state index in [1.165, 1.54) is 11.3 Å². The Morgan fingerprint density at radius 2 is 1.94 bits per heavy atom. The summed E-state index contributed by atoms with van der Waals surface area (Å²) in [7, 11) is 0. The van der Waals surface area contributed by atoms with Gasteiger partial charge in [0, 0.05) is 55.2 Å². The molecule has 9 nitrogen and oxygen atoms in total. The second-order valence-electron chi connectivity index (χ2n) is 9.85. The Kier molecular flexibility index (Phi) is 5.77. The molecule has 2 aliphatic heterocycles. The fourth-order valence-electron chi connectivity index (χ4n) is 5.11. The third-order valence-electron chi connectivity index (χ3n) is 6.82. The number of hydrogen-bond donors (Lipinski definition) is 3. The Balaban J connectivity index is 1.32. The van der Waals surface area contributed by atoms with E-state index in [9.17, 15) is 4.79 Å². The number of nitrogens with zero attached hydrogens (tertiary/aromatic N) is 5. The van der Waals surface area contributed by atoms with E-state index >= 15 is 0 Å². The zero-order chi connectivity index (χ0) is 24.6. The molecule has 0 aliphatic carbocycles. The van der Waals surface area contributed by atoms with E-state index in [0.29, 0.717) is 23.9 Å². The second kappa shape index (κ2) is 9.23. The third kappa shape index (κ3) is 4.15. The van der Waals surface area contributed by atoms with Crippen LogP contribution in [0.5, 0.6) is 0 Å². The van der Waals surface area contributed by atoms with Gasteiger partial charge >= 0.3 is 0 Å². The van der Waals surface area contributed by atoms with E-state index in [1.54, 1.807) is 17.0 Å². The van der Waals surface area contributed by atoms with Crippen molar-refractivity contribution in [2.45, 2.75) is 26.8 Å². The average Bonchev–Trinajstić information content (AvgIpc) is 3.52. The number of aromatic nitrogens is 4. The minimum Gasteiger partial charge on any atom is -0.369 e. The van der Waals surface area contributed by atoms with E-state index in [-0.39, 0.29) is 5.91 Å². The first-order chi connectivity index (χ1) is 17.6. The number of anilines is 3. The Morgan fingerprint density at radius 3 is 2.78 bits per heavy atom. The van der Waals surface area contributed by atoms with Gasteiger partial charge in [0.1, 0.15) is 6.33 Å². The first kappa shape index (κ1) is 22.5. The molecule has 0 bridgehead atoms. The number of benzene rings is 2. The Bertz CT molecular complexity index is 1440. The predicted octanol–water partition coefficient (Wildman–Crippen LogP) is 3.39. The minimum absolute atomic E-state index is 0.0278. The van der Waals surface area contributed by atoms with Crippen LogP contribution in [0.2, 0.25) is 0 Å². The monoisotopic (exact) mass is 482 g/mol. The molecule has 2 aromatic carbocycles. The van der Waals surface area contributed by atoms with Gasteiger partial charge in [-0.25, -0.2) is 14.5 Å². The van der Waals surface area contributed by atoms with Crippen molar-refractivity contribution in [3.05, 3.63) is 65.6 Å². The van der Waals surface area contributed by atoms with Crippen LogP contribution in [0.4, 0.5) is 17.2 Å². The van der Waals surface area contributed by atoms with Gasteiger partial charge in [-0.05, 0) is 53.8 Å². The van der Waals surface area contributed by atoms with Crippen LogP contribution < -0.4 is 20.9 Å². The summed E-state index contributed by atoms with van der Waals surface area (Å²) in [5, 5.41) is 14.3. The highest BCUT2D eigenvalue weighted by Crippen LogP contribution is 2.31. The van der Waals surface area contributed by atoms with Crippen LogP contribution >= 0.6 is 0 Å². The van der Waals surface area contributed by atoms with Crippen LogP contribution in [0.3, 0.4) is 0 Å². The van der Waals surface area contributed by atoms with Crippen LogP contribution in [0, 0.1) is 5.92 Å². The predicted molar refractivity (Wildman–Crippen MR) is 141 cm³/mol. The molecule has 1 fully saturated rings. The van der Waals surface area contributed by atoms with Crippen molar-refractivity contribution >= 4 is 28.7 Å². The summed E-state index contributed by atoms with van der Waals surface area (Å²) < 4.78 is 1.80. The quantitative estimate of drug-likeness (QED) is 0.387. The van der Waals surface area contributed by atoms with Gasteiger partial charge < -0.3 is 20.9 Å². The molecular weight excluding hydrogens is 452 g/mol.